The first kappa shape index (κ1) is 20.8. The summed E-state index contributed by atoms with van der Waals surface area (Å²) in [6, 6.07) is 23.5. The average Bonchev–Trinajstić information content (AvgIpc) is 2.76. The number of carbonyl (C=O) groups is 1. The molecular weight excluding hydrogens is 360 g/mol. The SMILES string of the molecule is CCCc1ccc(OC(=O)c2ccc(-c3ccc(C(C)OCC)cc3)cc2)cc1. The molecule has 0 aromatic heterocycles. The highest BCUT2D eigenvalue weighted by atomic mass is 16.5. The van der Waals surface area contributed by atoms with Crippen LogP contribution in [0.25, 0.3) is 11.1 Å². The van der Waals surface area contributed by atoms with E-state index in [0.717, 1.165) is 29.5 Å². The van der Waals surface area contributed by atoms with Gasteiger partial charge in [0.1, 0.15) is 5.75 Å². The summed E-state index contributed by atoms with van der Waals surface area (Å²) < 4.78 is 11.1. The van der Waals surface area contributed by atoms with Gasteiger partial charge in [-0.2, -0.15) is 0 Å². The number of hydrogen-bond donors (Lipinski definition) is 0. The van der Waals surface area contributed by atoms with Gasteiger partial charge >= 0.3 is 5.97 Å². The minimum Gasteiger partial charge on any atom is -0.423 e. The zero-order valence-corrected chi connectivity index (χ0v) is 17.4. The van der Waals surface area contributed by atoms with Gasteiger partial charge in [-0.1, -0.05) is 61.9 Å². The summed E-state index contributed by atoms with van der Waals surface area (Å²) in [6.07, 6.45) is 2.21. The van der Waals surface area contributed by atoms with Crippen LogP contribution in [0.15, 0.2) is 72.8 Å². The highest BCUT2D eigenvalue weighted by molar-refractivity contribution is 5.91. The molecule has 3 rings (SSSR count). The van der Waals surface area contributed by atoms with Crippen molar-refractivity contribution in [1.82, 2.24) is 0 Å². The number of esters is 1. The number of rotatable bonds is 8. The van der Waals surface area contributed by atoms with E-state index in [1.165, 1.54) is 5.56 Å². The lowest BCUT2D eigenvalue weighted by Crippen LogP contribution is -2.08. The Balaban J connectivity index is 1.65. The van der Waals surface area contributed by atoms with Crippen LogP contribution in [0.1, 0.15) is 54.8 Å². The smallest absolute Gasteiger partial charge is 0.343 e. The normalized spacial score (nSPS) is 11.8. The maximum Gasteiger partial charge on any atom is 0.343 e. The molecule has 0 bridgehead atoms. The molecule has 0 amide bonds. The third kappa shape index (κ3) is 5.55. The Bertz CT molecular complexity index is 910. The van der Waals surface area contributed by atoms with Gasteiger partial charge in [0, 0.05) is 6.61 Å². The van der Waals surface area contributed by atoms with Crippen LogP contribution in [-0.2, 0) is 11.2 Å². The zero-order chi connectivity index (χ0) is 20.6. The van der Waals surface area contributed by atoms with Gasteiger partial charge in [-0.3, -0.25) is 0 Å². The fourth-order valence-corrected chi connectivity index (χ4v) is 3.27. The predicted octanol–water partition coefficient (Wildman–Crippen LogP) is 6.62. The van der Waals surface area contributed by atoms with Crippen molar-refractivity contribution < 1.29 is 14.3 Å². The number of hydrogen-bond acceptors (Lipinski definition) is 3. The lowest BCUT2D eigenvalue weighted by molar-refractivity contribution is 0.0734. The summed E-state index contributed by atoms with van der Waals surface area (Å²) in [6.45, 7) is 6.89. The summed E-state index contributed by atoms with van der Waals surface area (Å²) in [5, 5.41) is 0. The highest BCUT2D eigenvalue weighted by Gasteiger charge is 2.10. The number of ether oxygens (including phenoxy) is 2. The van der Waals surface area contributed by atoms with Gasteiger partial charge in [0.2, 0.25) is 0 Å². The summed E-state index contributed by atoms with van der Waals surface area (Å²) in [4.78, 5) is 12.4. The van der Waals surface area contributed by atoms with Gasteiger partial charge in [0.25, 0.3) is 0 Å². The molecule has 3 nitrogen and oxygen atoms in total. The standard InChI is InChI=1S/C26H28O3/c1-4-6-20-7-17-25(18-8-20)29-26(27)24-15-13-23(14-16-24)22-11-9-21(10-12-22)19(3)28-5-2/h7-19H,4-6H2,1-3H3. The van der Waals surface area contributed by atoms with E-state index in [4.69, 9.17) is 9.47 Å². The van der Waals surface area contributed by atoms with Crippen LogP contribution in [0.3, 0.4) is 0 Å². The number of aryl methyl sites for hydroxylation is 1. The quantitative estimate of drug-likeness (QED) is 0.321. The first-order chi connectivity index (χ1) is 14.1. The topological polar surface area (TPSA) is 35.5 Å². The molecule has 150 valence electrons. The van der Waals surface area contributed by atoms with Crippen LogP contribution in [0.5, 0.6) is 5.75 Å². The largest absolute Gasteiger partial charge is 0.423 e. The van der Waals surface area contributed by atoms with Gasteiger partial charge in [-0.15, -0.1) is 0 Å². The Labute approximate surface area is 173 Å². The molecule has 0 saturated carbocycles. The Hall–Kier alpha value is -2.91. The Morgan fingerprint density at radius 3 is 1.97 bits per heavy atom. The second kappa shape index (κ2) is 10.0. The van der Waals surface area contributed by atoms with Gasteiger partial charge < -0.3 is 9.47 Å². The van der Waals surface area contributed by atoms with Crippen molar-refractivity contribution in [2.24, 2.45) is 0 Å². The fourth-order valence-electron chi connectivity index (χ4n) is 3.27. The van der Waals surface area contributed by atoms with Crippen molar-refractivity contribution in [2.75, 3.05) is 6.61 Å². The van der Waals surface area contributed by atoms with E-state index in [0.29, 0.717) is 17.9 Å². The molecule has 0 aliphatic heterocycles. The summed E-state index contributed by atoms with van der Waals surface area (Å²) in [5.41, 5.74) is 5.09. The van der Waals surface area contributed by atoms with E-state index in [1.54, 1.807) is 12.1 Å². The first-order valence-corrected chi connectivity index (χ1v) is 10.2. The molecule has 1 unspecified atom stereocenters. The molecule has 0 heterocycles. The molecule has 0 aliphatic rings. The molecule has 0 N–H and O–H groups in total. The van der Waals surface area contributed by atoms with E-state index in [1.807, 2.05) is 43.3 Å². The minimum absolute atomic E-state index is 0.0854. The van der Waals surface area contributed by atoms with Crippen LogP contribution < -0.4 is 4.74 Å². The second-order valence-corrected chi connectivity index (χ2v) is 7.08. The van der Waals surface area contributed by atoms with E-state index < -0.39 is 0 Å². The van der Waals surface area contributed by atoms with Gasteiger partial charge in [-0.05, 0) is 66.8 Å². The molecule has 3 aromatic rings. The zero-order valence-electron chi connectivity index (χ0n) is 17.4. The minimum atomic E-state index is -0.347. The molecule has 0 radical (unpaired) electrons. The van der Waals surface area contributed by atoms with E-state index in [2.05, 4.69) is 38.1 Å². The molecule has 1 atom stereocenters. The van der Waals surface area contributed by atoms with Gasteiger partial charge in [0.15, 0.2) is 0 Å². The van der Waals surface area contributed by atoms with Crippen molar-refractivity contribution in [1.29, 1.82) is 0 Å². The van der Waals surface area contributed by atoms with Crippen molar-refractivity contribution in [3.05, 3.63) is 89.5 Å². The van der Waals surface area contributed by atoms with Crippen molar-refractivity contribution in [3.63, 3.8) is 0 Å². The highest BCUT2D eigenvalue weighted by Crippen LogP contribution is 2.24. The summed E-state index contributed by atoms with van der Waals surface area (Å²) in [5.74, 6) is 0.221. The Morgan fingerprint density at radius 2 is 1.41 bits per heavy atom. The monoisotopic (exact) mass is 388 g/mol. The van der Waals surface area contributed by atoms with E-state index in [9.17, 15) is 4.79 Å². The molecule has 3 aromatic carbocycles. The Kier molecular flexibility index (Phi) is 7.20. The third-order valence-corrected chi connectivity index (χ3v) is 4.92. The lowest BCUT2D eigenvalue weighted by atomic mass is 10.0. The molecule has 29 heavy (non-hydrogen) atoms. The summed E-state index contributed by atoms with van der Waals surface area (Å²) in [7, 11) is 0. The molecule has 3 heteroatoms. The number of carbonyl (C=O) groups excluding carboxylic acids is 1. The fraction of sp³-hybridized carbons (Fsp3) is 0.269. The average molecular weight is 389 g/mol. The molecule has 0 spiro atoms. The van der Waals surface area contributed by atoms with Gasteiger partial charge in [-0.25, -0.2) is 4.79 Å². The maximum absolute atomic E-state index is 12.4. The summed E-state index contributed by atoms with van der Waals surface area (Å²) >= 11 is 0. The van der Waals surface area contributed by atoms with Crippen LogP contribution in [0.4, 0.5) is 0 Å². The van der Waals surface area contributed by atoms with Crippen LogP contribution in [-0.4, -0.2) is 12.6 Å². The van der Waals surface area contributed by atoms with Crippen LogP contribution in [0.2, 0.25) is 0 Å². The first-order valence-electron chi connectivity index (χ1n) is 10.2. The van der Waals surface area contributed by atoms with Crippen molar-refractivity contribution in [2.45, 2.75) is 39.7 Å². The van der Waals surface area contributed by atoms with Gasteiger partial charge in [0.05, 0.1) is 11.7 Å². The van der Waals surface area contributed by atoms with E-state index >= 15 is 0 Å². The molecule has 0 saturated heterocycles. The van der Waals surface area contributed by atoms with Crippen molar-refractivity contribution in [3.8, 4) is 16.9 Å². The van der Waals surface area contributed by atoms with E-state index in [-0.39, 0.29) is 12.1 Å². The Morgan fingerprint density at radius 1 is 0.828 bits per heavy atom. The third-order valence-electron chi connectivity index (χ3n) is 4.92. The molecule has 0 aliphatic carbocycles. The predicted molar refractivity (Wildman–Crippen MR) is 117 cm³/mol. The van der Waals surface area contributed by atoms with Crippen LogP contribution in [0, 0.1) is 0 Å². The second-order valence-electron chi connectivity index (χ2n) is 7.08. The number of benzene rings is 3. The van der Waals surface area contributed by atoms with Crippen molar-refractivity contribution >= 4 is 5.97 Å². The maximum atomic E-state index is 12.4. The molecule has 0 fully saturated rings. The van der Waals surface area contributed by atoms with Crippen LogP contribution >= 0.6 is 0 Å². The molecular formula is C26H28O3. The lowest BCUT2D eigenvalue weighted by Gasteiger charge is -2.12.